The number of anilines is 2. The monoisotopic (exact) mass is 286 g/mol. The maximum atomic E-state index is 13.6. The van der Waals surface area contributed by atoms with E-state index in [9.17, 15) is 4.39 Å². The van der Waals surface area contributed by atoms with Gasteiger partial charge in [0.2, 0.25) is 0 Å². The van der Waals surface area contributed by atoms with Crippen LogP contribution in [0.25, 0.3) is 0 Å². The van der Waals surface area contributed by atoms with Gasteiger partial charge in [0.05, 0.1) is 0 Å². The van der Waals surface area contributed by atoms with Gasteiger partial charge in [-0.3, -0.25) is 0 Å². The van der Waals surface area contributed by atoms with E-state index in [4.69, 9.17) is 5.73 Å². The van der Waals surface area contributed by atoms with Crippen molar-refractivity contribution >= 4 is 11.6 Å². The Kier molecular flexibility index (Phi) is 3.49. The number of halogens is 1. The first-order valence-corrected chi connectivity index (χ1v) is 7.17. The van der Waals surface area contributed by atoms with Gasteiger partial charge < -0.3 is 11.1 Å². The van der Waals surface area contributed by atoms with Gasteiger partial charge in [0.25, 0.3) is 0 Å². The van der Waals surface area contributed by atoms with Gasteiger partial charge in [-0.15, -0.1) is 0 Å². The summed E-state index contributed by atoms with van der Waals surface area (Å²) in [4.78, 5) is 8.76. The molecule has 3 N–H and O–H groups in total. The number of nitrogens with one attached hydrogen (secondary N) is 1. The molecule has 0 unspecified atom stereocenters. The van der Waals surface area contributed by atoms with Crippen LogP contribution in [-0.4, -0.2) is 9.97 Å². The standard InChI is InChI=1S/C16H19FN4/c1-9-5-11(6-10(2)15(9)17)8-19-14-7-13(18)20-16(21-14)12-3-4-12/h5-7,12H,3-4,8H2,1-2H3,(H3,18,19,20,21). The predicted molar refractivity (Wildman–Crippen MR) is 81.6 cm³/mol. The molecule has 110 valence electrons. The van der Waals surface area contributed by atoms with E-state index in [1.54, 1.807) is 19.9 Å². The molecule has 2 aromatic rings. The van der Waals surface area contributed by atoms with E-state index in [0.29, 0.717) is 29.4 Å². The molecule has 0 aliphatic heterocycles. The number of nitrogens with zero attached hydrogens (tertiary/aromatic N) is 2. The summed E-state index contributed by atoms with van der Waals surface area (Å²) in [6.07, 6.45) is 2.28. The molecular weight excluding hydrogens is 267 g/mol. The first-order valence-electron chi connectivity index (χ1n) is 7.17. The number of aromatic nitrogens is 2. The smallest absolute Gasteiger partial charge is 0.136 e. The van der Waals surface area contributed by atoms with Crippen molar-refractivity contribution in [1.29, 1.82) is 0 Å². The first-order chi connectivity index (χ1) is 10.0. The number of aryl methyl sites for hydroxylation is 2. The van der Waals surface area contributed by atoms with Crippen LogP contribution in [0.1, 0.15) is 41.3 Å². The van der Waals surface area contributed by atoms with E-state index in [1.165, 1.54) is 0 Å². The highest BCUT2D eigenvalue weighted by molar-refractivity contribution is 5.46. The lowest BCUT2D eigenvalue weighted by atomic mass is 10.1. The molecule has 0 bridgehead atoms. The third-order valence-electron chi connectivity index (χ3n) is 3.68. The van der Waals surface area contributed by atoms with E-state index < -0.39 is 0 Å². The minimum absolute atomic E-state index is 0.138. The third-order valence-corrected chi connectivity index (χ3v) is 3.68. The molecule has 4 nitrogen and oxygen atoms in total. The van der Waals surface area contributed by atoms with Gasteiger partial charge in [0.15, 0.2) is 0 Å². The summed E-state index contributed by atoms with van der Waals surface area (Å²) >= 11 is 0. The zero-order chi connectivity index (χ0) is 15.0. The van der Waals surface area contributed by atoms with E-state index in [0.717, 1.165) is 30.0 Å². The van der Waals surface area contributed by atoms with Crippen molar-refractivity contribution in [2.75, 3.05) is 11.1 Å². The summed E-state index contributed by atoms with van der Waals surface area (Å²) in [5, 5.41) is 3.25. The van der Waals surface area contributed by atoms with Crippen LogP contribution in [-0.2, 0) is 6.54 Å². The number of rotatable bonds is 4. The second-order valence-corrected chi connectivity index (χ2v) is 5.71. The molecule has 21 heavy (non-hydrogen) atoms. The summed E-state index contributed by atoms with van der Waals surface area (Å²) in [5.74, 6) is 2.36. The number of nitrogen functional groups attached to an aromatic ring is 1. The van der Waals surface area contributed by atoms with Gasteiger partial charge in [0, 0.05) is 18.5 Å². The Balaban J connectivity index is 1.75. The highest BCUT2D eigenvalue weighted by Gasteiger charge is 2.27. The van der Waals surface area contributed by atoms with Gasteiger partial charge in [0.1, 0.15) is 23.3 Å². The number of hydrogen-bond acceptors (Lipinski definition) is 4. The molecule has 1 aliphatic carbocycles. The Morgan fingerprint density at radius 2 is 1.86 bits per heavy atom. The maximum absolute atomic E-state index is 13.6. The molecule has 0 saturated heterocycles. The third kappa shape index (κ3) is 3.12. The summed E-state index contributed by atoms with van der Waals surface area (Å²) in [6, 6.07) is 5.43. The average molecular weight is 286 g/mol. The molecule has 0 spiro atoms. The van der Waals surface area contributed by atoms with Crippen LogP contribution in [0.5, 0.6) is 0 Å². The Hall–Kier alpha value is -2.17. The molecule has 1 fully saturated rings. The van der Waals surface area contributed by atoms with Crippen molar-refractivity contribution in [2.24, 2.45) is 0 Å². The first kappa shape index (κ1) is 13.8. The lowest BCUT2D eigenvalue weighted by Crippen LogP contribution is -2.07. The van der Waals surface area contributed by atoms with E-state index in [2.05, 4.69) is 15.3 Å². The SMILES string of the molecule is Cc1cc(CNc2cc(N)nc(C3CC3)n2)cc(C)c1F. The zero-order valence-corrected chi connectivity index (χ0v) is 12.3. The van der Waals surface area contributed by atoms with Gasteiger partial charge >= 0.3 is 0 Å². The largest absolute Gasteiger partial charge is 0.384 e. The van der Waals surface area contributed by atoms with Crippen LogP contribution in [0.4, 0.5) is 16.0 Å². The van der Waals surface area contributed by atoms with Crippen molar-refractivity contribution in [1.82, 2.24) is 9.97 Å². The number of hydrogen-bond donors (Lipinski definition) is 2. The minimum atomic E-state index is -0.138. The van der Waals surface area contributed by atoms with Crippen molar-refractivity contribution < 1.29 is 4.39 Å². The molecule has 0 amide bonds. The molecule has 0 radical (unpaired) electrons. The van der Waals surface area contributed by atoms with Gasteiger partial charge in [-0.2, -0.15) is 0 Å². The van der Waals surface area contributed by atoms with Gasteiger partial charge in [-0.1, -0.05) is 12.1 Å². The molecule has 5 heteroatoms. The fourth-order valence-electron chi connectivity index (χ4n) is 2.43. The van der Waals surface area contributed by atoms with Crippen LogP contribution >= 0.6 is 0 Å². The Morgan fingerprint density at radius 1 is 1.19 bits per heavy atom. The van der Waals surface area contributed by atoms with Crippen LogP contribution in [0, 0.1) is 19.7 Å². The summed E-state index contributed by atoms with van der Waals surface area (Å²) in [5.41, 5.74) is 8.17. The molecule has 3 rings (SSSR count). The fraction of sp³-hybridized carbons (Fsp3) is 0.375. The average Bonchev–Trinajstić information content (AvgIpc) is 3.26. The normalized spacial score (nSPS) is 14.2. The van der Waals surface area contributed by atoms with Crippen molar-refractivity contribution in [3.8, 4) is 0 Å². The van der Waals surface area contributed by atoms with Crippen molar-refractivity contribution in [2.45, 2.75) is 39.2 Å². The highest BCUT2D eigenvalue weighted by atomic mass is 19.1. The van der Waals surface area contributed by atoms with Crippen LogP contribution in [0.3, 0.4) is 0 Å². The highest BCUT2D eigenvalue weighted by Crippen LogP contribution is 2.38. The quantitative estimate of drug-likeness (QED) is 0.905. The van der Waals surface area contributed by atoms with E-state index in [1.807, 2.05) is 12.1 Å². The Morgan fingerprint density at radius 3 is 2.48 bits per heavy atom. The molecule has 1 heterocycles. The molecule has 1 saturated carbocycles. The second kappa shape index (κ2) is 5.31. The van der Waals surface area contributed by atoms with Crippen molar-refractivity contribution in [3.63, 3.8) is 0 Å². The number of nitrogens with two attached hydrogens (primary N) is 1. The molecule has 1 aromatic heterocycles. The topological polar surface area (TPSA) is 63.8 Å². The second-order valence-electron chi connectivity index (χ2n) is 5.71. The number of benzene rings is 1. The van der Waals surface area contributed by atoms with Gasteiger partial charge in [-0.25, -0.2) is 14.4 Å². The summed E-state index contributed by atoms with van der Waals surface area (Å²) < 4.78 is 13.6. The van der Waals surface area contributed by atoms with Crippen LogP contribution in [0.15, 0.2) is 18.2 Å². The summed E-state index contributed by atoms with van der Waals surface area (Å²) in [6.45, 7) is 4.14. The Labute approximate surface area is 123 Å². The minimum Gasteiger partial charge on any atom is -0.384 e. The van der Waals surface area contributed by atoms with E-state index in [-0.39, 0.29) is 5.82 Å². The van der Waals surface area contributed by atoms with Gasteiger partial charge in [-0.05, 0) is 43.4 Å². The summed E-state index contributed by atoms with van der Waals surface area (Å²) in [7, 11) is 0. The van der Waals surface area contributed by atoms with Crippen LogP contribution in [0.2, 0.25) is 0 Å². The lowest BCUT2D eigenvalue weighted by Gasteiger charge is -2.10. The Bertz CT molecular complexity index is 657. The molecule has 1 aliphatic rings. The van der Waals surface area contributed by atoms with Crippen molar-refractivity contribution in [3.05, 3.63) is 46.5 Å². The molecular formula is C16H19FN4. The fourth-order valence-corrected chi connectivity index (χ4v) is 2.43. The molecule has 1 aromatic carbocycles. The van der Waals surface area contributed by atoms with Crippen LogP contribution < -0.4 is 11.1 Å². The zero-order valence-electron chi connectivity index (χ0n) is 12.3. The maximum Gasteiger partial charge on any atom is 0.136 e. The van der Waals surface area contributed by atoms with E-state index >= 15 is 0 Å². The predicted octanol–water partition coefficient (Wildman–Crippen LogP) is 3.30. The lowest BCUT2D eigenvalue weighted by molar-refractivity contribution is 0.608. The molecule has 0 atom stereocenters.